The molecule has 0 radical (unpaired) electrons. The Labute approximate surface area is 73.7 Å². The lowest BCUT2D eigenvalue weighted by Gasteiger charge is -2.25. The van der Waals surface area contributed by atoms with Gasteiger partial charge < -0.3 is 5.32 Å². The van der Waals surface area contributed by atoms with Gasteiger partial charge in [-0.25, -0.2) is 0 Å². The van der Waals surface area contributed by atoms with Crippen molar-refractivity contribution in [3.63, 3.8) is 0 Å². The van der Waals surface area contributed by atoms with Crippen molar-refractivity contribution in [2.24, 2.45) is 11.8 Å². The molecule has 1 saturated carbocycles. The molecule has 12 heavy (non-hydrogen) atoms. The number of rotatable bonds is 1. The van der Waals surface area contributed by atoms with E-state index in [0.29, 0.717) is 5.92 Å². The molecule has 1 amide bonds. The van der Waals surface area contributed by atoms with Gasteiger partial charge in [-0.15, -0.1) is 0 Å². The third-order valence-corrected chi connectivity index (χ3v) is 3.33. The molecule has 1 aliphatic carbocycles. The molecule has 2 nitrogen and oxygen atoms in total. The highest BCUT2D eigenvalue weighted by atomic mass is 16.1. The summed E-state index contributed by atoms with van der Waals surface area (Å²) in [4.78, 5) is 11.0. The maximum atomic E-state index is 11.0. The van der Waals surface area contributed by atoms with E-state index < -0.39 is 0 Å². The first kappa shape index (κ1) is 8.09. The quantitative estimate of drug-likeness (QED) is 0.632. The molecule has 68 valence electrons. The average molecular weight is 167 g/mol. The topological polar surface area (TPSA) is 29.1 Å². The minimum atomic E-state index is 0.269. The lowest BCUT2D eigenvalue weighted by Crippen LogP contribution is -2.20. The van der Waals surface area contributed by atoms with Crippen molar-refractivity contribution in [2.75, 3.05) is 6.54 Å². The van der Waals surface area contributed by atoms with E-state index in [1.54, 1.807) is 0 Å². The molecule has 0 aromatic carbocycles. The van der Waals surface area contributed by atoms with Crippen LogP contribution in [-0.4, -0.2) is 12.5 Å². The lowest BCUT2D eigenvalue weighted by molar-refractivity contribution is -0.119. The standard InChI is InChI=1S/C10H17NO/c12-10-6-9(7-11-10)8-4-2-1-3-5-8/h8-9H,1-7H2,(H,11,12)/t9-/m1/s1. The van der Waals surface area contributed by atoms with Crippen molar-refractivity contribution in [3.05, 3.63) is 0 Å². The Bertz CT molecular complexity index is 173. The molecule has 2 fully saturated rings. The fourth-order valence-electron chi connectivity index (χ4n) is 2.57. The molecule has 2 aliphatic rings. The minimum absolute atomic E-state index is 0.269. The van der Waals surface area contributed by atoms with Crippen molar-refractivity contribution in [2.45, 2.75) is 38.5 Å². The molecule has 0 bridgehead atoms. The van der Waals surface area contributed by atoms with Gasteiger partial charge in [-0.1, -0.05) is 32.1 Å². The normalized spacial score (nSPS) is 32.0. The van der Waals surface area contributed by atoms with Gasteiger partial charge in [-0.05, 0) is 11.8 Å². The Morgan fingerprint density at radius 3 is 2.42 bits per heavy atom. The van der Waals surface area contributed by atoms with Crippen LogP contribution in [0.5, 0.6) is 0 Å². The van der Waals surface area contributed by atoms with Gasteiger partial charge in [0.25, 0.3) is 0 Å². The van der Waals surface area contributed by atoms with E-state index >= 15 is 0 Å². The summed E-state index contributed by atoms with van der Waals surface area (Å²) in [5.74, 6) is 1.78. The summed E-state index contributed by atoms with van der Waals surface area (Å²) in [5, 5.41) is 2.93. The van der Waals surface area contributed by atoms with E-state index in [9.17, 15) is 4.79 Å². The molecule has 2 rings (SSSR count). The van der Waals surface area contributed by atoms with Crippen LogP contribution < -0.4 is 5.32 Å². The Balaban J connectivity index is 1.86. The van der Waals surface area contributed by atoms with Crippen LogP contribution in [0.1, 0.15) is 38.5 Å². The van der Waals surface area contributed by atoms with Crippen LogP contribution in [0.3, 0.4) is 0 Å². The fraction of sp³-hybridized carbons (Fsp3) is 0.900. The van der Waals surface area contributed by atoms with Gasteiger partial charge in [-0.2, -0.15) is 0 Å². The van der Waals surface area contributed by atoms with Crippen LogP contribution in [0.25, 0.3) is 0 Å². The molecule has 0 unspecified atom stereocenters. The van der Waals surface area contributed by atoms with Crippen LogP contribution in [0, 0.1) is 11.8 Å². The van der Waals surface area contributed by atoms with E-state index in [1.807, 2.05) is 0 Å². The van der Waals surface area contributed by atoms with Gasteiger partial charge in [0.15, 0.2) is 0 Å². The molecule has 1 N–H and O–H groups in total. The first-order valence-corrected chi connectivity index (χ1v) is 5.13. The van der Waals surface area contributed by atoms with Crippen molar-refractivity contribution in [3.8, 4) is 0 Å². The molecular weight excluding hydrogens is 150 g/mol. The first-order valence-electron chi connectivity index (χ1n) is 5.13. The van der Waals surface area contributed by atoms with Crippen molar-refractivity contribution in [1.29, 1.82) is 0 Å². The second kappa shape index (κ2) is 3.46. The summed E-state index contributed by atoms with van der Waals surface area (Å²) in [6.45, 7) is 0.948. The minimum Gasteiger partial charge on any atom is -0.356 e. The van der Waals surface area contributed by atoms with Crippen LogP contribution in [0.15, 0.2) is 0 Å². The zero-order valence-corrected chi connectivity index (χ0v) is 7.51. The maximum absolute atomic E-state index is 11.0. The lowest BCUT2D eigenvalue weighted by atomic mass is 9.79. The fourth-order valence-corrected chi connectivity index (χ4v) is 2.57. The zero-order chi connectivity index (χ0) is 8.39. The van der Waals surface area contributed by atoms with E-state index in [-0.39, 0.29) is 5.91 Å². The predicted molar refractivity (Wildman–Crippen MR) is 47.7 cm³/mol. The Morgan fingerprint density at radius 2 is 1.83 bits per heavy atom. The van der Waals surface area contributed by atoms with Crippen molar-refractivity contribution >= 4 is 5.91 Å². The summed E-state index contributed by atoms with van der Waals surface area (Å²) < 4.78 is 0. The molecule has 1 heterocycles. The molecule has 0 aromatic heterocycles. The van der Waals surface area contributed by atoms with Crippen molar-refractivity contribution in [1.82, 2.24) is 5.32 Å². The first-order chi connectivity index (χ1) is 5.86. The molecule has 1 aliphatic heterocycles. The Kier molecular flexibility index (Phi) is 2.33. The molecule has 1 atom stereocenters. The van der Waals surface area contributed by atoms with Crippen molar-refractivity contribution < 1.29 is 4.79 Å². The van der Waals surface area contributed by atoms with Gasteiger partial charge in [0.2, 0.25) is 5.91 Å². The van der Waals surface area contributed by atoms with Crippen LogP contribution in [0.4, 0.5) is 0 Å². The number of carbonyl (C=O) groups excluding carboxylic acids is 1. The van der Waals surface area contributed by atoms with E-state index in [1.165, 1.54) is 32.1 Å². The number of nitrogens with one attached hydrogen (secondary N) is 1. The monoisotopic (exact) mass is 167 g/mol. The summed E-state index contributed by atoms with van der Waals surface area (Å²) >= 11 is 0. The smallest absolute Gasteiger partial charge is 0.220 e. The van der Waals surface area contributed by atoms with Gasteiger partial charge in [0, 0.05) is 13.0 Å². The largest absolute Gasteiger partial charge is 0.356 e. The summed E-state index contributed by atoms with van der Waals surface area (Å²) in [5.41, 5.74) is 0. The van der Waals surface area contributed by atoms with Crippen LogP contribution >= 0.6 is 0 Å². The second-order valence-electron chi connectivity index (χ2n) is 4.17. The molecule has 0 spiro atoms. The van der Waals surface area contributed by atoms with E-state index in [2.05, 4.69) is 5.32 Å². The number of hydrogen-bond acceptors (Lipinski definition) is 1. The zero-order valence-electron chi connectivity index (χ0n) is 7.51. The van der Waals surface area contributed by atoms with E-state index in [4.69, 9.17) is 0 Å². The van der Waals surface area contributed by atoms with Crippen LogP contribution in [0.2, 0.25) is 0 Å². The molecule has 0 aromatic rings. The summed E-state index contributed by atoms with van der Waals surface area (Å²) in [6, 6.07) is 0. The molecular formula is C10H17NO. The Hall–Kier alpha value is -0.530. The van der Waals surface area contributed by atoms with Gasteiger partial charge >= 0.3 is 0 Å². The second-order valence-corrected chi connectivity index (χ2v) is 4.17. The number of carbonyl (C=O) groups is 1. The summed E-state index contributed by atoms with van der Waals surface area (Å²) in [6.07, 6.45) is 7.69. The highest BCUT2D eigenvalue weighted by Crippen LogP contribution is 2.32. The molecule has 1 saturated heterocycles. The highest BCUT2D eigenvalue weighted by molar-refractivity contribution is 5.78. The van der Waals surface area contributed by atoms with Crippen LogP contribution in [-0.2, 0) is 4.79 Å². The van der Waals surface area contributed by atoms with Gasteiger partial charge in [0.05, 0.1) is 0 Å². The average Bonchev–Trinajstić information content (AvgIpc) is 2.54. The predicted octanol–water partition coefficient (Wildman–Crippen LogP) is 1.70. The van der Waals surface area contributed by atoms with Gasteiger partial charge in [-0.3, -0.25) is 4.79 Å². The SMILES string of the molecule is O=C1C[C@@H](C2CCCCC2)CN1. The number of hydrogen-bond donors (Lipinski definition) is 1. The number of amides is 1. The van der Waals surface area contributed by atoms with E-state index in [0.717, 1.165) is 18.9 Å². The third kappa shape index (κ3) is 1.62. The third-order valence-electron chi connectivity index (χ3n) is 3.33. The highest BCUT2D eigenvalue weighted by Gasteiger charge is 2.29. The Morgan fingerprint density at radius 1 is 1.08 bits per heavy atom. The molecule has 2 heteroatoms. The maximum Gasteiger partial charge on any atom is 0.220 e. The summed E-state index contributed by atoms with van der Waals surface area (Å²) in [7, 11) is 0. The van der Waals surface area contributed by atoms with Gasteiger partial charge in [0.1, 0.15) is 0 Å².